The second-order valence-corrected chi connectivity index (χ2v) is 10.9. The third-order valence-electron chi connectivity index (χ3n) is 4.15. The highest BCUT2D eigenvalue weighted by Gasteiger charge is 2.23. The molecule has 2 aromatic heterocycles. The SMILES string of the molecule is Cc1cc(C(=O)Nc2cccc(C(I)Sc3cnccc3N)c2)n(C(C)(C)C)n1. The first kappa shape index (κ1) is 21.6. The number of alkyl halides is 1. The number of thioether (sulfide) groups is 1. The highest BCUT2D eigenvalue weighted by molar-refractivity contribution is 14.1. The van der Waals surface area contributed by atoms with Gasteiger partial charge in [-0.3, -0.25) is 14.5 Å². The van der Waals surface area contributed by atoms with Crippen molar-refractivity contribution in [3.8, 4) is 0 Å². The van der Waals surface area contributed by atoms with Crippen LogP contribution in [0.4, 0.5) is 11.4 Å². The van der Waals surface area contributed by atoms with Crippen LogP contribution in [0.2, 0.25) is 0 Å². The van der Waals surface area contributed by atoms with Crippen LogP contribution in [0.5, 0.6) is 0 Å². The Balaban J connectivity index is 1.78. The van der Waals surface area contributed by atoms with Crippen LogP contribution in [0.25, 0.3) is 0 Å². The number of halogens is 1. The topological polar surface area (TPSA) is 85.8 Å². The first-order valence-electron chi connectivity index (χ1n) is 9.14. The molecule has 1 aromatic carbocycles. The molecule has 0 spiro atoms. The molecule has 6 nitrogen and oxygen atoms in total. The van der Waals surface area contributed by atoms with Gasteiger partial charge >= 0.3 is 0 Å². The van der Waals surface area contributed by atoms with Gasteiger partial charge < -0.3 is 11.1 Å². The molecule has 1 unspecified atom stereocenters. The van der Waals surface area contributed by atoms with E-state index in [4.69, 9.17) is 5.73 Å². The van der Waals surface area contributed by atoms with Crippen LogP contribution in [0.1, 0.15) is 45.8 Å². The number of hydrogen-bond donors (Lipinski definition) is 2. The van der Waals surface area contributed by atoms with Crippen LogP contribution in [0.3, 0.4) is 0 Å². The van der Waals surface area contributed by atoms with Crippen molar-refractivity contribution in [3.63, 3.8) is 0 Å². The zero-order valence-corrected chi connectivity index (χ0v) is 19.8. The van der Waals surface area contributed by atoms with E-state index in [1.807, 2.05) is 58.0 Å². The molecule has 3 N–H and O–H groups in total. The molecule has 29 heavy (non-hydrogen) atoms. The van der Waals surface area contributed by atoms with Gasteiger partial charge in [0.25, 0.3) is 5.91 Å². The first-order valence-corrected chi connectivity index (χ1v) is 11.3. The Morgan fingerprint density at radius 2 is 2.03 bits per heavy atom. The Hall–Kier alpha value is -2.07. The largest absolute Gasteiger partial charge is 0.398 e. The molecule has 0 aliphatic rings. The maximum Gasteiger partial charge on any atom is 0.273 e. The lowest BCUT2D eigenvalue weighted by Gasteiger charge is -2.22. The summed E-state index contributed by atoms with van der Waals surface area (Å²) in [5.41, 5.74) is 9.64. The predicted octanol–water partition coefficient (Wildman–Crippen LogP) is 5.40. The van der Waals surface area contributed by atoms with Crippen molar-refractivity contribution in [1.29, 1.82) is 0 Å². The molecule has 0 aliphatic carbocycles. The Morgan fingerprint density at radius 1 is 1.28 bits per heavy atom. The van der Waals surface area contributed by atoms with E-state index in [0.29, 0.717) is 11.4 Å². The molecular weight excluding hydrogens is 497 g/mol. The van der Waals surface area contributed by atoms with E-state index in [-0.39, 0.29) is 14.7 Å². The number of aryl methyl sites for hydroxylation is 1. The third kappa shape index (κ3) is 5.30. The molecule has 0 aliphatic heterocycles. The lowest BCUT2D eigenvalue weighted by Crippen LogP contribution is -2.29. The summed E-state index contributed by atoms with van der Waals surface area (Å²) in [4.78, 5) is 18.0. The molecule has 0 radical (unpaired) electrons. The van der Waals surface area contributed by atoms with Crippen molar-refractivity contribution in [2.75, 3.05) is 11.1 Å². The van der Waals surface area contributed by atoms with Gasteiger partial charge in [-0.05, 0) is 57.5 Å². The highest BCUT2D eigenvalue weighted by atomic mass is 127. The summed E-state index contributed by atoms with van der Waals surface area (Å²) in [6.45, 7) is 7.97. The van der Waals surface area contributed by atoms with Gasteiger partial charge in [-0.2, -0.15) is 5.10 Å². The fraction of sp³-hybridized carbons (Fsp3) is 0.286. The molecule has 2 heterocycles. The maximum absolute atomic E-state index is 12.9. The van der Waals surface area contributed by atoms with E-state index in [0.717, 1.165) is 21.8 Å². The molecule has 1 atom stereocenters. The minimum absolute atomic E-state index is 0.123. The standard InChI is InChI=1S/C21H24IN5OS/c1-13-10-17(27(26-13)21(2,3)4)20(28)25-15-7-5-6-14(11-15)19(22)29-18-12-24-9-8-16(18)23/h5-12,19H,1-4H3,(H2,23,24)(H,25,28). The van der Waals surface area contributed by atoms with Crippen LogP contribution < -0.4 is 11.1 Å². The molecule has 3 rings (SSSR count). The number of nitrogens with one attached hydrogen (secondary N) is 1. The summed E-state index contributed by atoms with van der Waals surface area (Å²) < 4.78 is 1.89. The number of carbonyl (C=O) groups is 1. The number of pyridine rings is 1. The Bertz CT molecular complexity index is 1030. The van der Waals surface area contributed by atoms with Crippen molar-refractivity contribution < 1.29 is 4.79 Å². The molecule has 1 amide bonds. The second kappa shape index (κ2) is 8.74. The van der Waals surface area contributed by atoms with Crippen molar-refractivity contribution in [1.82, 2.24) is 14.8 Å². The summed E-state index contributed by atoms with van der Waals surface area (Å²) in [5, 5.41) is 7.48. The minimum atomic E-state index is -0.281. The number of aromatic nitrogens is 3. The van der Waals surface area contributed by atoms with Gasteiger partial charge in [-0.1, -0.05) is 34.7 Å². The lowest BCUT2D eigenvalue weighted by molar-refractivity contribution is 0.100. The van der Waals surface area contributed by atoms with Crippen LogP contribution in [-0.2, 0) is 5.54 Å². The van der Waals surface area contributed by atoms with Gasteiger partial charge in [-0.15, -0.1) is 11.8 Å². The van der Waals surface area contributed by atoms with E-state index in [9.17, 15) is 4.79 Å². The van der Waals surface area contributed by atoms with Crippen LogP contribution in [-0.4, -0.2) is 20.7 Å². The number of nitrogens with two attached hydrogens (primary N) is 1. The predicted molar refractivity (Wildman–Crippen MR) is 128 cm³/mol. The summed E-state index contributed by atoms with van der Waals surface area (Å²) in [7, 11) is 0. The third-order valence-corrected chi connectivity index (χ3v) is 6.71. The molecule has 0 bridgehead atoms. The molecule has 3 aromatic rings. The molecule has 0 saturated carbocycles. The van der Waals surface area contributed by atoms with E-state index in [1.54, 1.807) is 34.9 Å². The summed E-state index contributed by atoms with van der Waals surface area (Å²) >= 11 is 3.99. The van der Waals surface area contributed by atoms with E-state index < -0.39 is 0 Å². The van der Waals surface area contributed by atoms with E-state index >= 15 is 0 Å². The molecule has 0 saturated heterocycles. The first-order chi connectivity index (χ1) is 13.6. The molecule has 152 valence electrons. The molecule has 0 fully saturated rings. The fourth-order valence-corrected chi connectivity index (χ4v) is 4.83. The highest BCUT2D eigenvalue weighted by Crippen LogP contribution is 2.42. The number of rotatable bonds is 5. The quantitative estimate of drug-likeness (QED) is 0.267. The Kier molecular flexibility index (Phi) is 6.52. The number of carbonyl (C=O) groups excluding carboxylic acids is 1. The zero-order chi connectivity index (χ0) is 21.2. The number of hydrogen-bond acceptors (Lipinski definition) is 5. The van der Waals surface area contributed by atoms with Crippen LogP contribution >= 0.6 is 34.4 Å². The second-order valence-electron chi connectivity index (χ2n) is 7.68. The zero-order valence-electron chi connectivity index (χ0n) is 16.8. The summed E-state index contributed by atoms with van der Waals surface area (Å²) in [5.74, 6) is -0.174. The smallest absolute Gasteiger partial charge is 0.273 e. The summed E-state index contributed by atoms with van der Waals surface area (Å²) in [6.07, 6.45) is 3.45. The van der Waals surface area contributed by atoms with Crippen molar-refractivity contribution in [3.05, 3.63) is 65.7 Å². The normalized spacial score (nSPS) is 12.6. The van der Waals surface area contributed by atoms with Gasteiger partial charge in [0.1, 0.15) is 5.69 Å². The van der Waals surface area contributed by atoms with Gasteiger partial charge in [0.15, 0.2) is 0 Å². The van der Waals surface area contributed by atoms with Gasteiger partial charge in [0.05, 0.1) is 14.5 Å². The average Bonchev–Trinajstić information content (AvgIpc) is 3.06. The van der Waals surface area contributed by atoms with Crippen molar-refractivity contribution in [2.24, 2.45) is 0 Å². The lowest BCUT2D eigenvalue weighted by atomic mass is 10.1. The van der Waals surface area contributed by atoms with Gasteiger partial charge in [0.2, 0.25) is 0 Å². The van der Waals surface area contributed by atoms with Crippen LogP contribution in [0, 0.1) is 6.92 Å². The molecular formula is C21H24IN5OS. The van der Waals surface area contributed by atoms with Gasteiger partial charge in [0, 0.05) is 28.7 Å². The monoisotopic (exact) mass is 521 g/mol. The van der Waals surface area contributed by atoms with Crippen LogP contribution in [0.15, 0.2) is 53.7 Å². The number of anilines is 2. The average molecular weight is 521 g/mol. The van der Waals surface area contributed by atoms with E-state index in [2.05, 4.69) is 38.0 Å². The number of benzene rings is 1. The fourth-order valence-electron chi connectivity index (χ4n) is 2.79. The number of nitrogens with zero attached hydrogens (tertiary/aromatic N) is 3. The number of amides is 1. The minimum Gasteiger partial charge on any atom is -0.398 e. The van der Waals surface area contributed by atoms with Crippen molar-refractivity contribution in [2.45, 2.75) is 41.4 Å². The maximum atomic E-state index is 12.9. The van der Waals surface area contributed by atoms with E-state index in [1.165, 1.54) is 0 Å². The summed E-state index contributed by atoms with van der Waals surface area (Å²) in [6, 6.07) is 11.5. The number of nitrogen functional groups attached to an aromatic ring is 1. The Morgan fingerprint density at radius 3 is 2.72 bits per heavy atom. The van der Waals surface area contributed by atoms with Gasteiger partial charge in [-0.25, -0.2) is 0 Å². The Labute approximate surface area is 188 Å². The molecule has 8 heteroatoms. The van der Waals surface area contributed by atoms with Crippen molar-refractivity contribution >= 4 is 51.6 Å².